The molecule has 0 fully saturated rings. The Hall–Kier alpha value is -2.30. The first-order chi connectivity index (χ1) is 9.83. The van der Waals surface area contributed by atoms with Crippen LogP contribution in [0.4, 0.5) is 0 Å². The fraction of sp³-hybridized carbons (Fsp3) is 0.0526. The minimum Gasteiger partial charge on any atom is -0.125 e. The summed E-state index contributed by atoms with van der Waals surface area (Å²) in [6.45, 7) is 2.16. The average Bonchev–Trinajstić information content (AvgIpc) is 2.86. The molecular weight excluding hydrogens is 260 g/mol. The number of aryl methyl sites for hydroxylation is 1. The lowest BCUT2D eigenvalue weighted by Gasteiger charge is -2.05. The molecule has 0 spiro atoms. The van der Waals surface area contributed by atoms with Gasteiger partial charge in [0.05, 0.1) is 4.70 Å². The topological polar surface area (TPSA) is 0 Å². The Kier molecular flexibility index (Phi) is 2.52. The van der Waals surface area contributed by atoms with E-state index in [1.807, 2.05) is 6.07 Å². The van der Waals surface area contributed by atoms with E-state index in [2.05, 4.69) is 67.6 Å². The molecule has 1 heteroatoms. The fourth-order valence-corrected chi connectivity index (χ4v) is 3.85. The normalized spacial score (nSPS) is 10.8. The summed E-state index contributed by atoms with van der Waals surface area (Å²) in [6.07, 6.45) is 0. The van der Waals surface area contributed by atoms with E-state index < -0.39 is 0 Å². The second kappa shape index (κ2) is 4.37. The van der Waals surface area contributed by atoms with Gasteiger partial charge in [-0.3, -0.25) is 0 Å². The van der Waals surface area contributed by atoms with Crippen LogP contribution in [0.2, 0.25) is 0 Å². The van der Waals surface area contributed by atoms with Gasteiger partial charge >= 0.3 is 0 Å². The molecule has 0 aliphatic rings. The lowest BCUT2D eigenvalue weighted by molar-refractivity contribution is 1.51. The molecule has 1 aromatic heterocycles. The van der Waals surface area contributed by atoms with E-state index in [4.69, 9.17) is 0 Å². The van der Waals surface area contributed by atoms with E-state index in [1.54, 1.807) is 11.3 Å². The second-order valence-corrected chi connectivity index (χ2v) is 6.02. The van der Waals surface area contributed by atoms with Crippen molar-refractivity contribution < 1.29 is 0 Å². The van der Waals surface area contributed by atoms with Crippen molar-refractivity contribution in [1.82, 2.24) is 0 Å². The Balaban J connectivity index is 2.16. The predicted molar refractivity (Wildman–Crippen MR) is 87.2 cm³/mol. The van der Waals surface area contributed by atoms with Gasteiger partial charge in [-0.15, -0.1) is 11.3 Å². The first kappa shape index (κ1) is 11.5. The van der Waals surface area contributed by atoms with E-state index in [9.17, 15) is 0 Å². The molecule has 0 N–H and O–H groups in total. The van der Waals surface area contributed by atoms with Gasteiger partial charge in [0, 0.05) is 15.5 Å². The largest absolute Gasteiger partial charge is 0.125 e. The molecule has 0 aliphatic heterocycles. The first-order valence-corrected chi connectivity index (χ1v) is 7.45. The zero-order valence-electron chi connectivity index (χ0n) is 11.1. The molecule has 4 rings (SSSR count). The maximum Gasteiger partial charge on any atom is 0.0857 e. The minimum atomic E-state index is 1.19. The van der Waals surface area contributed by atoms with Crippen LogP contribution in [0.1, 0.15) is 5.56 Å². The van der Waals surface area contributed by atoms with Gasteiger partial charge in [-0.25, -0.2) is 0 Å². The molecule has 0 unspecified atom stereocenters. The molecule has 20 heavy (non-hydrogen) atoms. The summed E-state index contributed by atoms with van der Waals surface area (Å²) in [5.74, 6) is 0. The van der Waals surface area contributed by atoms with E-state index in [1.165, 1.54) is 36.9 Å². The lowest BCUT2D eigenvalue weighted by atomic mass is 10.0. The third kappa shape index (κ3) is 1.70. The number of hydrogen-bond donors (Lipinski definition) is 0. The van der Waals surface area contributed by atoms with Crippen molar-refractivity contribution >= 4 is 31.5 Å². The monoisotopic (exact) mass is 272 g/mol. The van der Waals surface area contributed by atoms with Crippen LogP contribution in [0.3, 0.4) is 0 Å². The molecule has 3 aromatic carbocycles. The number of fused-ring (bicyclic) bond motifs is 3. The molecule has 0 saturated carbocycles. The van der Waals surface area contributed by atoms with Crippen molar-refractivity contribution in [1.29, 1.82) is 0 Å². The highest BCUT2D eigenvalue weighted by Gasteiger charge is 2.10. The van der Waals surface area contributed by atoms with Crippen LogP contribution in [0.15, 0.2) is 54.6 Å². The highest BCUT2D eigenvalue weighted by molar-refractivity contribution is 7.26. The van der Waals surface area contributed by atoms with E-state index in [0.29, 0.717) is 0 Å². The molecular formula is C19H12S. The molecule has 0 amide bonds. The smallest absolute Gasteiger partial charge is 0.0857 e. The van der Waals surface area contributed by atoms with E-state index in [0.717, 1.165) is 0 Å². The van der Waals surface area contributed by atoms with Crippen LogP contribution in [-0.2, 0) is 0 Å². The molecule has 0 aliphatic carbocycles. The third-order valence-electron chi connectivity index (χ3n) is 3.58. The fourth-order valence-electron chi connectivity index (χ4n) is 2.69. The number of rotatable bonds is 1. The number of thiophene rings is 1. The Morgan fingerprint density at radius 2 is 1.80 bits per heavy atom. The standard InChI is InChI=1S/C19H12S/c1-13-11-16(14-7-3-2-4-8-14)19-17(12-13)15-9-5-6-10-18(15)20-19/h2-5,7-9,11-12H,1H3. The highest BCUT2D eigenvalue weighted by atomic mass is 32.1. The Morgan fingerprint density at radius 1 is 0.950 bits per heavy atom. The zero-order valence-corrected chi connectivity index (χ0v) is 11.9. The SMILES string of the molecule is Cc1cc(-c2ccccc2)c2sc3c#cccc3c2c1. The van der Waals surface area contributed by atoms with Crippen molar-refractivity contribution in [2.45, 2.75) is 6.92 Å². The molecule has 0 saturated heterocycles. The van der Waals surface area contributed by atoms with E-state index >= 15 is 0 Å². The van der Waals surface area contributed by atoms with Crippen LogP contribution in [0.5, 0.6) is 0 Å². The molecule has 0 atom stereocenters. The Labute approximate surface area is 122 Å². The van der Waals surface area contributed by atoms with Crippen molar-refractivity contribution in [3.05, 3.63) is 72.3 Å². The van der Waals surface area contributed by atoms with Gasteiger partial charge in [0.25, 0.3) is 0 Å². The van der Waals surface area contributed by atoms with Gasteiger partial charge in [0.15, 0.2) is 0 Å². The number of benzene rings is 2. The van der Waals surface area contributed by atoms with Crippen LogP contribution >= 0.6 is 11.3 Å². The molecule has 0 bridgehead atoms. The Morgan fingerprint density at radius 3 is 2.65 bits per heavy atom. The van der Waals surface area contributed by atoms with Crippen LogP contribution in [0, 0.1) is 19.1 Å². The summed E-state index contributed by atoms with van der Waals surface area (Å²) < 4.78 is 2.53. The summed E-state index contributed by atoms with van der Waals surface area (Å²) in [7, 11) is 0. The number of hydrogen-bond acceptors (Lipinski definition) is 1. The van der Waals surface area contributed by atoms with Crippen molar-refractivity contribution in [3.63, 3.8) is 0 Å². The highest BCUT2D eigenvalue weighted by Crippen LogP contribution is 2.39. The van der Waals surface area contributed by atoms with Crippen molar-refractivity contribution in [2.75, 3.05) is 0 Å². The van der Waals surface area contributed by atoms with Crippen LogP contribution < -0.4 is 0 Å². The minimum absolute atomic E-state index is 1.19. The van der Waals surface area contributed by atoms with Gasteiger partial charge < -0.3 is 0 Å². The van der Waals surface area contributed by atoms with Gasteiger partial charge in [0.1, 0.15) is 0 Å². The maximum absolute atomic E-state index is 3.23. The predicted octanol–water partition coefficient (Wildman–Crippen LogP) is 5.63. The molecule has 4 aromatic rings. The Bertz CT molecular complexity index is 901. The molecule has 0 nitrogen and oxygen atoms in total. The summed E-state index contributed by atoms with van der Waals surface area (Å²) in [5, 5.41) is 2.61. The van der Waals surface area contributed by atoms with Crippen LogP contribution in [0.25, 0.3) is 31.3 Å². The maximum atomic E-state index is 3.23. The lowest BCUT2D eigenvalue weighted by Crippen LogP contribution is -1.80. The second-order valence-electron chi connectivity index (χ2n) is 5.00. The summed E-state index contributed by atoms with van der Waals surface area (Å²) in [4.78, 5) is 0. The van der Waals surface area contributed by atoms with Gasteiger partial charge in [-0.1, -0.05) is 42.5 Å². The quantitative estimate of drug-likeness (QED) is 0.421. The van der Waals surface area contributed by atoms with Gasteiger partial charge in [-0.05, 0) is 47.9 Å². The molecule has 0 radical (unpaired) electrons. The van der Waals surface area contributed by atoms with Gasteiger partial charge in [0.2, 0.25) is 0 Å². The summed E-state index contributed by atoms with van der Waals surface area (Å²) >= 11 is 1.81. The van der Waals surface area contributed by atoms with E-state index in [-0.39, 0.29) is 0 Å². The van der Waals surface area contributed by atoms with Crippen molar-refractivity contribution in [3.8, 4) is 11.1 Å². The van der Waals surface area contributed by atoms with Crippen LogP contribution in [-0.4, -0.2) is 0 Å². The third-order valence-corrected chi connectivity index (χ3v) is 4.75. The summed E-state index contributed by atoms with van der Waals surface area (Å²) in [5.41, 5.74) is 3.89. The molecule has 1 heterocycles. The van der Waals surface area contributed by atoms with Crippen molar-refractivity contribution in [2.24, 2.45) is 0 Å². The molecule has 94 valence electrons. The zero-order chi connectivity index (χ0) is 13.5. The first-order valence-electron chi connectivity index (χ1n) is 6.63. The average molecular weight is 272 g/mol. The summed E-state index contributed by atoms with van der Waals surface area (Å²) in [6, 6.07) is 25.5. The van der Waals surface area contributed by atoms with Gasteiger partial charge in [-0.2, -0.15) is 0 Å².